The van der Waals surface area contributed by atoms with Crippen molar-refractivity contribution in [1.82, 2.24) is 9.88 Å². The number of imide groups is 1. The van der Waals surface area contributed by atoms with Crippen LogP contribution in [0.4, 0.5) is 5.69 Å². The number of H-pyrrole nitrogens is 1. The van der Waals surface area contributed by atoms with Gasteiger partial charge in [0.05, 0.1) is 16.9 Å². The van der Waals surface area contributed by atoms with Crippen LogP contribution in [0, 0.1) is 36.5 Å². The van der Waals surface area contributed by atoms with Crippen molar-refractivity contribution in [2.24, 2.45) is 29.6 Å². The molecule has 4 aliphatic rings. The van der Waals surface area contributed by atoms with Crippen LogP contribution in [0.2, 0.25) is 0 Å². The highest BCUT2D eigenvalue weighted by atomic mass is 32.2. The van der Waals surface area contributed by atoms with E-state index >= 15 is 0 Å². The van der Waals surface area contributed by atoms with Gasteiger partial charge in [0.15, 0.2) is 6.61 Å². The van der Waals surface area contributed by atoms with E-state index in [1.807, 2.05) is 55.5 Å². The van der Waals surface area contributed by atoms with Gasteiger partial charge in [-0.3, -0.25) is 28.9 Å². The molecular formula is C34H35N3O7S2. The quantitative estimate of drug-likeness (QED) is 0.195. The van der Waals surface area contributed by atoms with Gasteiger partial charge in [-0.2, -0.15) is 0 Å². The van der Waals surface area contributed by atoms with E-state index in [2.05, 4.69) is 10.3 Å². The Morgan fingerprint density at radius 1 is 1.02 bits per heavy atom. The minimum absolute atomic E-state index is 0.00528. The summed E-state index contributed by atoms with van der Waals surface area (Å²) in [6.45, 7) is 2.08. The zero-order valence-electron chi connectivity index (χ0n) is 25.3. The predicted octanol–water partition coefficient (Wildman–Crippen LogP) is 4.88. The number of para-hydroxylation sites is 1. The minimum atomic E-state index is -0.846. The first-order valence-electron chi connectivity index (χ1n) is 15.8. The lowest BCUT2D eigenvalue weighted by Crippen LogP contribution is -2.42. The van der Waals surface area contributed by atoms with Gasteiger partial charge in [0, 0.05) is 40.3 Å². The molecule has 7 atom stereocenters. The number of unbranched alkanes of at least 4 members (excludes halogenated alkanes) is 2. The predicted molar refractivity (Wildman–Crippen MR) is 173 cm³/mol. The van der Waals surface area contributed by atoms with Crippen molar-refractivity contribution >= 4 is 52.5 Å². The van der Waals surface area contributed by atoms with E-state index in [1.165, 1.54) is 16.2 Å². The number of fused-ring (bicyclic) bond motifs is 9. The average molecular weight is 662 g/mol. The molecule has 10 nitrogen and oxygen atoms in total. The molecule has 2 bridgehead atoms. The normalized spacial score (nSPS) is 27.3. The summed E-state index contributed by atoms with van der Waals surface area (Å²) in [6, 6.07) is 15.1. The van der Waals surface area contributed by atoms with Crippen LogP contribution in [-0.2, 0) is 19.2 Å². The fourth-order valence-corrected chi connectivity index (χ4v) is 11.2. The van der Waals surface area contributed by atoms with Gasteiger partial charge in [-0.25, -0.2) is 0 Å². The van der Waals surface area contributed by atoms with E-state index in [0.717, 1.165) is 27.5 Å². The number of nitrogens with zero attached hydrogens (tertiary/aromatic N) is 1. The molecule has 0 radical (unpaired) electrons. The Morgan fingerprint density at radius 3 is 2.59 bits per heavy atom. The first kappa shape index (κ1) is 30.7. The van der Waals surface area contributed by atoms with E-state index in [-0.39, 0.29) is 70.5 Å². The number of benzene rings is 2. The first-order valence-corrected chi connectivity index (χ1v) is 17.5. The van der Waals surface area contributed by atoms with Crippen molar-refractivity contribution in [2.75, 3.05) is 18.5 Å². The summed E-state index contributed by atoms with van der Waals surface area (Å²) >= 11 is 2.81. The molecular weight excluding hydrogens is 627 g/mol. The summed E-state index contributed by atoms with van der Waals surface area (Å²) < 4.78 is 6.16. The summed E-state index contributed by atoms with van der Waals surface area (Å²) in [5.74, 6) is -1.82. The molecule has 2 aromatic carbocycles. The summed E-state index contributed by atoms with van der Waals surface area (Å²) in [4.78, 5) is 69.1. The number of aryl methyl sites for hydroxylation is 1. The third-order valence-electron chi connectivity index (χ3n) is 10.0. The number of carboxylic acid groups (broad SMARTS) is 1. The number of nitrogens with one attached hydrogen (secondary N) is 2. The second-order valence-electron chi connectivity index (χ2n) is 12.7. The molecule has 2 saturated carbocycles. The maximum atomic E-state index is 13.8. The maximum Gasteiger partial charge on any atom is 0.305 e. The number of aromatic nitrogens is 1. The van der Waals surface area contributed by atoms with Crippen LogP contribution in [0.15, 0.2) is 58.4 Å². The van der Waals surface area contributed by atoms with Gasteiger partial charge in [-0.1, -0.05) is 48.1 Å². The highest BCUT2D eigenvalue weighted by Crippen LogP contribution is 2.69. The van der Waals surface area contributed by atoms with Crippen LogP contribution in [0.1, 0.15) is 54.0 Å². The van der Waals surface area contributed by atoms with E-state index in [1.54, 1.807) is 11.8 Å². The molecule has 3 fully saturated rings. The number of carbonyl (C=O) groups excluding carboxylic acids is 3. The first-order chi connectivity index (χ1) is 22.2. The summed E-state index contributed by atoms with van der Waals surface area (Å²) in [5, 5.41) is 12.7. The molecule has 3 heterocycles. The van der Waals surface area contributed by atoms with Crippen molar-refractivity contribution in [3.63, 3.8) is 0 Å². The summed E-state index contributed by atoms with van der Waals surface area (Å²) in [7, 11) is 0. The molecule has 46 heavy (non-hydrogen) atoms. The number of carboxylic acids is 1. The molecule has 0 spiro atoms. The van der Waals surface area contributed by atoms with Gasteiger partial charge in [-0.05, 0) is 67.7 Å². The Kier molecular flexibility index (Phi) is 8.26. The van der Waals surface area contributed by atoms with Crippen molar-refractivity contribution in [3.8, 4) is 5.75 Å². The second kappa shape index (κ2) is 12.4. The lowest BCUT2D eigenvalue weighted by Gasteiger charge is -2.43. The van der Waals surface area contributed by atoms with Gasteiger partial charge in [0.2, 0.25) is 11.8 Å². The molecule has 1 aromatic heterocycles. The molecule has 3 aromatic rings. The smallest absolute Gasteiger partial charge is 0.305 e. The maximum absolute atomic E-state index is 13.8. The number of anilines is 1. The Hall–Kier alpha value is -3.90. The van der Waals surface area contributed by atoms with E-state index in [4.69, 9.17) is 9.84 Å². The third-order valence-corrected chi connectivity index (χ3v) is 12.6. The Bertz CT molecular complexity index is 1770. The van der Waals surface area contributed by atoms with Gasteiger partial charge < -0.3 is 20.1 Å². The molecule has 3 N–H and O–H groups in total. The number of aliphatic carboxylic acids is 1. The Labute approximate surface area is 273 Å². The van der Waals surface area contributed by atoms with Gasteiger partial charge in [-0.15, -0.1) is 11.8 Å². The van der Waals surface area contributed by atoms with Crippen LogP contribution in [0.25, 0.3) is 0 Å². The fraction of sp³-hybridized carbons (Fsp3) is 0.441. The van der Waals surface area contributed by atoms with Crippen LogP contribution in [0.3, 0.4) is 0 Å². The van der Waals surface area contributed by atoms with Crippen molar-refractivity contribution in [1.29, 1.82) is 0 Å². The Balaban J connectivity index is 1.14. The number of carbonyl (C=O) groups is 4. The summed E-state index contributed by atoms with van der Waals surface area (Å²) in [5.41, 5.74) is 2.59. The number of hydrogen-bond acceptors (Lipinski definition) is 8. The van der Waals surface area contributed by atoms with Gasteiger partial charge >= 0.3 is 10.8 Å². The van der Waals surface area contributed by atoms with Crippen LogP contribution in [0.5, 0.6) is 5.75 Å². The molecule has 2 aliphatic carbocycles. The number of ether oxygens (including phenoxy) is 1. The molecule has 12 heteroatoms. The number of amides is 3. The van der Waals surface area contributed by atoms with E-state index < -0.39 is 11.9 Å². The molecule has 1 saturated heterocycles. The molecule has 7 rings (SSSR count). The number of rotatable bonds is 11. The van der Waals surface area contributed by atoms with Crippen LogP contribution >= 0.6 is 23.1 Å². The minimum Gasteiger partial charge on any atom is -0.483 e. The Morgan fingerprint density at radius 2 is 1.80 bits per heavy atom. The monoisotopic (exact) mass is 661 g/mol. The largest absolute Gasteiger partial charge is 0.483 e. The van der Waals surface area contributed by atoms with E-state index in [9.17, 15) is 24.0 Å². The number of likely N-dealkylation sites (tertiary alicyclic amines) is 1. The lowest BCUT2D eigenvalue weighted by molar-refractivity contribution is -0.141. The molecule has 6 unspecified atom stereocenters. The molecule has 2 aliphatic heterocycles. The number of thioether (sulfide) groups is 1. The number of hydrogen-bond donors (Lipinski definition) is 3. The highest BCUT2D eigenvalue weighted by Gasteiger charge is 2.69. The van der Waals surface area contributed by atoms with Crippen molar-refractivity contribution in [2.45, 2.75) is 55.2 Å². The highest BCUT2D eigenvalue weighted by molar-refractivity contribution is 8.00. The van der Waals surface area contributed by atoms with Gasteiger partial charge in [0.1, 0.15) is 5.75 Å². The molecule has 240 valence electrons. The zero-order valence-corrected chi connectivity index (χ0v) is 26.9. The SMILES string of the molecule is Cc1cccc(NC(=O)COc2ccccc2[C@H]2c3sc(=O)[nH]c3SC3C4CC(C5C(=O)N(CCCCCC(=O)O)C(=O)C45)C32)c1. The topological polar surface area (TPSA) is 146 Å². The van der Waals surface area contributed by atoms with Gasteiger partial charge in [0.25, 0.3) is 5.91 Å². The third kappa shape index (κ3) is 5.45. The van der Waals surface area contributed by atoms with Crippen molar-refractivity contribution < 1.29 is 29.0 Å². The zero-order chi connectivity index (χ0) is 32.1. The second-order valence-corrected chi connectivity index (χ2v) is 14.9. The van der Waals surface area contributed by atoms with Crippen LogP contribution < -0.4 is 14.9 Å². The van der Waals surface area contributed by atoms with Crippen LogP contribution in [-0.4, -0.2) is 57.1 Å². The summed E-state index contributed by atoms with van der Waals surface area (Å²) in [6.07, 6.45) is 2.60. The van der Waals surface area contributed by atoms with E-state index in [0.29, 0.717) is 37.2 Å². The van der Waals surface area contributed by atoms with Crippen molar-refractivity contribution in [3.05, 3.63) is 74.2 Å². The molecule has 3 amide bonds. The average Bonchev–Trinajstić information content (AvgIpc) is 3.75. The number of aromatic amines is 1. The lowest BCUT2D eigenvalue weighted by atomic mass is 9.68. The standard InChI is InChI=1S/C34H35N3O7S2/c1-17-8-7-9-18(14-17)35-23(38)16-44-22-11-5-4-10-19(22)25-26-20-15-21(29(26)45-31-30(25)46-34(43)36-31)28-27(20)32(41)37(33(28)42)13-6-2-3-12-24(39)40/h4-5,7-11,14,20-21,25-29H,2-3,6,12-13,15-16H2,1H3,(H,35,38)(H,36,43)(H,39,40)/t20?,21?,25-,26?,27?,28?,29?/m1/s1. The fourth-order valence-electron chi connectivity index (χ4n) is 8.30. The number of thiazole rings is 1.